The summed E-state index contributed by atoms with van der Waals surface area (Å²) in [6.07, 6.45) is 4.02. The molecule has 5 rings (SSSR count). The molecule has 142 valence electrons. The maximum atomic E-state index is 12.8. The maximum Gasteiger partial charge on any atom is 0.265 e. The van der Waals surface area contributed by atoms with E-state index >= 15 is 0 Å². The molecule has 2 atom stereocenters. The van der Waals surface area contributed by atoms with Gasteiger partial charge < -0.3 is 15.2 Å². The van der Waals surface area contributed by atoms with Gasteiger partial charge in [0.25, 0.3) is 11.5 Å². The lowest BCUT2D eigenvalue weighted by Crippen LogP contribution is -2.49. The molecule has 5 heterocycles. The summed E-state index contributed by atoms with van der Waals surface area (Å²) in [4.78, 5) is 36.3. The van der Waals surface area contributed by atoms with Gasteiger partial charge in [-0.1, -0.05) is 0 Å². The number of nitrogens with two attached hydrogens (primary N) is 1. The third-order valence-corrected chi connectivity index (χ3v) is 6.21. The third-order valence-electron chi connectivity index (χ3n) is 5.48. The van der Waals surface area contributed by atoms with Crippen molar-refractivity contribution >= 4 is 23.3 Å². The normalized spacial score (nSPS) is 20.6. The lowest BCUT2D eigenvalue weighted by molar-refractivity contribution is 0.0599. The molecule has 3 aromatic rings. The molecule has 28 heavy (non-hydrogen) atoms. The van der Waals surface area contributed by atoms with Crippen molar-refractivity contribution in [2.24, 2.45) is 5.92 Å². The number of hydrogen-bond donors (Lipinski definition) is 1. The molecule has 0 radical (unpaired) electrons. The van der Waals surface area contributed by atoms with Crippen molar-refractivity contribution in [3.05, 3.63) is 57.7 Å². The topological polar surface area (TPSA) is 107 Å². The van der Waals surface area contributed by atoms with Crippen molar-refractivity contribution in [3.8, 4) is 11.3 Å². The van der Waals surface area contributed by atoms with Crippen LogP contribution in [-0.4, -0.2) is 42.8 Å². The van der Waals surface area contributed by atoms with Gasteiger partial charge in [0.1, 0.15) is 17.0 Å². The Morgan fingerprint density at radius 3 is 2.86 bits per heavy atom. The number of pyridine rings is 1. The summed E-state index contributed by atoms with van der Waals surface area (Å²) in [5.41, 5.74) is 8.04. The van der Waals surface area contributed by atoms with Crippen LogP contribution in [0.5, 0.6) is 0 Å². The predicted octanol–water partition coefficient (Wildman–Crippen LogP) is 1.60. The Balaban J connectivity index is 1.51. The molecule has 8 nitrogen and oxygen atoms in total. The van der Waals surface area contributed by atoms with Crippen LogP contribution in [0.2, 0.25) is 0 Å². The minimum Gasteiger partial charge on any atom is -0.384 e. The van der Waals surface area contributed by atoms with Crippen molar-refractivity contribution in [2.45, 2.75) is 18.9 Å². The minimum atomic E-state index is -0.0402. The van der Waals surface area contributed by atoms with E-state index < -0.39 is 0 Å². The first-order valence-electron chi connectivity index (χ1n) is 9.11. The largest absolute Gasteiger partial charge is 0.384 e. The first-order chi connectivity index (χ1) is 13.6. The Bertz CT molecular complexity index is 1110. The molecule has 0 spiro atoms. The van der Waals surface area contributed by atoms with Crippen molar-refractivity contribution in [1.82, 2.24) is 23.8 Å². The number of aromatic nitrogens is 4. The van der Waals surface area contributed by atoms with Crippen LogP contribution in [-0.2, 0) is 6.54 Å². The highest BCUT2D eigenvalue weighted by Crippen LogP contribution is 2.37. The fourth-order valence-corrected chi connectivity index (χ4v) is 4.85. The maximum absolute atomic E-state index is 12.8. The summed E-state index contributed by atoms with van der Waals surface area (Å²) in [7, 11) is 0. The standard InChI is InChI=1S/C19H18N6O2S/c20-17-6-14(21-10-22-17)12-4-15-13-3-11(8-25(15)18(26)5-12)7-24(9-13)19(27)16-1-2-23-28-16/h1-2,4-6,10-11,13H,3,7-9H2,(H2,20,21,22)/t11-,13+/m0/s1. The average molecular weight is 394 g/mol. The Morgan fingerprint density at radius 2 is 2.07 bits per heavy atom. The summed E-state index contributed by atoms with van der Waals surface area (Å²) in [6.45, 7) is 1.90. The van der Waals surface area contributed by atoms with Crippen LogP contribution in [0, 0.1) is 5.92 Å². The zero-order chi connectivity index (χ0) is 19.3. The zero-order valence-electron chi connectivity index (χ0n) is 15.0. The number of carbonyl (C=O) groups excluding carboxylic acids is 1. The van der Waals surface area contributed by atoms with E-state index in [0.29, 0.717) is 36.0 Å². The van der Waals surface area contributed by atoms with Gasteiger partial charge in [0.15, 0.2) is 0 Å². The second-order valence-corrected chi connectivity index (χ2v) is 8.16. The molecule has 2 N–H and O–H groups in total. The number of piperidine rings is 1. The second kappa shape index (κ2) is 6.52. The Hall–Kier alpha value is -3.07. The molecule has 3 aromatic heterocycles. The number of fused-ring (bicyclic) bond motifs is 4. The van der Waals surface area contributed by atoms with E-state index in [1.54, 1.807) is 24.4 Å². The van der Waals surface area contributed by atoms with Gasteiger partial charge in [0.05, 0.1) is 5.69 Å². The smallest absolute Gasteiger partial charge is 0.265 e. The van der Waals surface area contributed by atoms with E-state index in [4.69, 9.17) is 5.73 Å². The van der Waals surface area contributed by atoms with Crippen LogP contribution >= 0.6 is 11.5 Å². The van der Waals surface area contributed by atoms with Gasteiger partial charge >= 0.3 is 0 Å². The summed E-state index contributed by atoms with van der Waals surface area (Å²) >= 11 is 1.22. The number of amides is 1. The number of likely N-dealkylation sites (tertiary alicyclic amines) is 1. The van der Waals surface area contributed by atoms with Gasteiger partial charge in [-0.15, -0.1) is 0 Å². The molecular weight excluding hydrogens is 376 g/mol. The molecule has 0 unspecified atom stereocenters. The Labute approximate surface area is 164 Å². The first-order valence-corrected chi connectivity index (χ1v) is 9.88. The molecule has 9 heteroatoms. The van der Waals surface area contributed by atoms with E-state index in [1.807, 2.05) is 15.5 Å². The molecule has 2 bridgehead atoms. The van der Waals surface area contributed by atoms with Crippen LogP contribution < -0.4 is 11.3 Å². The molecular formula is C19H18N6O2S. The Kier molecular flexibility index (Phi) is 3.97. The SMILES string of the molecule is Nc1cc(-c2cc3n(c(=O)c2)C[C@H]2C[C@@H]3CN(C(=O)c3ccns3)C2)ncn1. The van der Waals surface area contributed by atoms with Crippen molar-refractivity contribution in [2.75, 3.05) is 18.8 Å². The Morgan fingerprint density at radius 1 is 1.18 bits per heavy atom. The fraction of sp³-hybridized carbons (Fsp3) is 0.316. The van der Waals surface area contributed by atoms with Gasteiger partial charge in [-0.3, -0.25) is 9.59 Å². The zero-order valence-corrected chi connectivity index (χ0v) is 15.8. The van der Waals surface area contributed by atoms with Crippen LogP contribution in [0.15, 0.2) is 41.6 Å². The number of nitrogens with zero attached hydrogens (tertiary/aromatic N) is 5. The van der Waals surface area contributed by atoms with Crippen molar-refractivity contribution in [1.29, 1.82) is 0 Å². The van der Waals surface area contributed by atoms with Crippen LogP contribution in [0.3, 0.4) is 0 Å². The number of nitrogen functional groups attached to an aromatic ring is 1. The summed E-state index contributed by atoms with van der Waals surface area (Å²) < 4.78 is 5.89. The van der Waals surface area contributed by atoms with Crippen molar-refractivity contribution in [3.63, 3.8) is 0 Å². The molecule has 1 fully saturated rings. The van der Waals surface area contributed by atoms with Crippen molar-refractivity contribution < 1.29 is 4.79 Å². The molecule has 0 aliphatic carbocycles. The molecule has 2 aliphatic rings. The van der Waals surface area contributed by atoms with Crippen LogP contribution in [0.4, 0.5) is 5.82 Å². The van der Waals surface area contributed by atoms with E-state index in [2.05, 4.69) is 14.3 Å². The van der Waals surface area contributed by atoms with E-state index in [0.717, 1.165) is 17.7 Å². The highest BCUT2D eigenvalue weighted by atomic mass is 32.1. The van der Waals surface area contributed by atoms with E-state index in [9.17, 15) is 9.59 Å². The summed E-state index contributed by atoms with van der Waals surface area (Å²) in [5.74, 6) is 0.784. The van der Waals surface area contributed by atoms with Gasteiger partial charge in [-0.05, 0) is 36.0 Å². The lowest BCUT2D eigenvalue weighted by Gasteiger charge is -2.42. The molecule has 0 aromatic carbocycles. The molecule has 1 amide bonds. The highest BCUT2D eigenvalue weighted by Gasteiger charge is 2.37. The van der Waals surface area contributed by atoms with E-state index in [1.165, 1.54) is 17.9 Å². The fourth-order valence-electron chi connectivity index (χ4n) is 4.28. The number of anilines is 1. The van der Waals surface area contributed by atoms with E-state index in [-0.39, 0.29) is 23.3 Å². The van der Waals surface area contributed by atoms with Crippen LogP contribution in [0.25, 0.3) is 11.3 Å². The monoisotopic (exact) mass is 394 g/mol. The first kappa shape index (κ1) is 17.1. The quantitative estimate of drug-likeness (QED) is 0.708. The highest BCUT2D eigenvalue weighted by molar-refractivity contribution is 7.08. The van der Waals surface area contributed by atoms with Gasteiger partial charge in [0, 0.05) is 55.1 Å². The predicted molar refractivity (Wildman–Crippen MR) is 105 cm³/mol. The minimum absolute atomic E-state index is 0.0210. The van der Waals surface area contributed by atoms with Gasteiger partial charge in [-0.25, -0.2) is 14.3 Å². The number of carbonyl (C=O) groups is 1. The van der Waals surface area contributed by atoms with Gasteiger partial charge in [0.2, 0.25) is 0 Å². The number of rotatable bonds is 2. The average Bonchev–Trinajstić information content (AvgIpc) is 3.23. The van der Waals surface area contributed by atoms with Gasteiger partial charge in [-0.2, -0.15) is 0 Å². The lowest BCUT2D eigenvalue weighted by atomic mass is 9.82. The molecule has 1 saturated heterocycles. The van der Waals surface area contributed by atoms with Crippen LogP contribution in [0.1, 0.15) is 27.7 Å². The number of hydrogen-bond acceptors (Lipinski definition) is 7. The third kappa shape index (κ3) is 2.88. The second-order valence-electron chi connectivity index (χ2n) is 7.33. The molecule has 0 saturated carbocycles. The summed E-state index contributed by atoms with van der Waals surface area (Å²) in [6, 6.07) is 7.03. The summed E-state index contributed by atoms with van der Waals surface area (Å²) in [5, 5.41) is 0. The molecule has 2 aliphatic heterocycles.